The van der Waals surface area contributed by atoms with Crippen LogP contribution in [0.2, 0.25) is 10.0 Å². The average Bonchev–Trinajstić information content (AvgIpc) is 3.27. The quantitative estimate of drug-likeness (QED) is 0.505. The van der Waals surface area contributed by atoms with Gasteiger partial charge in [-0.1, -0.05) is 41.4 Å². The minimum absolute atomic E-state index is 0.244. The first-order valence-electron chi connectivity index (χ1n) is 10.5. The maximum absolute atomic E-state index is 13.2. The van der Waals surface area contributed by atoms with E-state index in [1.54, 1.807) is 33.1 Å². The van der Waals surface area contributed by atoms with E-state index in [0.29, 0.717) is 15.8 Å². The van der Waals surface area contributed by atoms with E-state index >= 15 is 0 Å². The number of hydrogen-bond donors (Lipinski definition) is 1. The topological polar surface area (TPSA) is 84.9 Å². The van der Waals surface area contributed by atoms with Crippen LogP contribution in [0.15, 0.2) is 36.4 Å². The van der Waals surface area contributed by atoms with Crippen LogP contribution in [0.4, 0.5) is 0 Å². The maximum atomic E-state index is 13.2. The van der Waals surface area contributed by atoms with Gasteiger partial charge in [0.1, 0.15) is 11.3 Å². The van der Waals surface area contributed by atoms with Gasteiger partial charge in [0.15, 0.2) is 0 Å². The zero-order valence-electron chi connectivity index (χ0n) is 18.6. The van der Waals surface area contributed by atoms with Crippen LogP contribution in [0, 0.1) is 11.8 Å². The summed E-state index contributed by atoms with van der Waals surface area (Å²) in [6.45, 7) is 3.60. The molecule has 2 amide bonds. The Bertz CT molecular complexity index is 1150. The van der Waals surface area contributed by atoms with Gasteiger partial charge in [0.2, 0.25) is 11.8 Å². The van der Waals surface area contributed by atoms with E-state index in [9.17, 15) is 14.4 Å². The lowest BCUT2D eigenvalue weighted by Crippen LogP contribution is -2.53. The van der Waals surface area contributed by atoms with Gasteiger partial charge in [0.05, 0.1) is 36.1 Å². The molecule has 2 aliphatic heterocycles. The lowest BCUT2D eigenvalue weighted by atomic mass is 9.80. The van der Waals surface area contributed by atoms with Gasteiger partial charge in [-0.05, 0) is 43.2 Å². The van der Waals surface area contributed by atoms with E-state index in [0.717, 1.165) is 16.7 Å². The fourth-order valence-corrected chi connectivity index (χ4v) is 5.30. The van der Waals surface area contributed by atoms with Crippen LogP contribution in [0.5, 0.6) is 5.75 Å². The average molecular weight is 491 g/mol. The molecule has 2 heterocycles. The summed E-state index contributed by atoms with van der Waals surface area (Å²) in [5.41, 5.74) is 0.983. The smallest absolute Gasteiger partial charge is 0.326 e. The molecule has 9 heteroatoms. The second-order valence-electron chi connectivity index (χ2n) is 8.33. The highest BCUT2D eigenvalue weighted by Crippen LogP contribution is 2.49. The molecule has 2 aromatic rings. The molecule has 1 N–H and O–H groups in total. The molecule has 174 valence electrons. The van der Waals surface area contributed by atoms with Gasteiger partial charge in [0, 0.05) is 18.2 Å². The number of likely N-dealkylation sites (tertiary alicyclic amines) is 1. The third kappa shape index (κ3) is 3.59. The molecule has 4 rings (SSSR count). The van der Waals surface area contributed by atoms with Gasteiger partial charge in [0.25, 0.3) is 0 Å². The summed E-state index contributed by atoms with van der Waals surface area (Å²) in [5, 5.41) is 4.10. The summed E-state index contributed by atoms with van der Waals surface area (Å²) in [6.07, 6.45) is 0. The number of rotatable bonds is 5. The number of ether oxygens (including phenoxy) is 2. The Kier molecular flexibility index (Phi) is 6.16. The first-order valence-corrected chi connectivity index (χ1v) is 11.3. The number of amides is 2. The van der Waals surface area contributed by atoms with E-state index in [1.807, 2.05) is 24.3 Å². The number of imide groups is 1. The Labute approximate surface area is 201 Å². The number of carbonyl (C=O) groups excluding carboxylic acids is 3. The molecule has 0 aliphatic carbocycles. The largest absolute Gasteiger partial charge is 0.496 e. The van der Waals surface area contributed by atoms with E-state index in [-0.39, 0.29) is 18.4 Å². The summed E-state index contributed by atoms with van der Waals surface area (Å²) in [5.74, 6) is -2.29. The van der Waals surface area contributed by atoms with Crippen molar-refractivity contribution in [3.8, 4) is 16.9 Å². The normalized spacial score (nSPS) is 26.5. The van der Waals surface area contributed by atoms with E-state index in [4.69, 9.17) is 32.7 Å². The van der Waals surface area contributed by atoms with Gasteiger partial charge in [-0.15, -0.1) is 0 Å². The summed E-state index contributed by atoms with van der Waals surface area (Å²) in [7, 11) is 2.82. The van der Waals surface area contributed by atoms with E-state index in [2.05, 4.69) is 5.32 Å². The van der Waals surface area contributed by atoms with Crippen molar-refractivity contribution in [2.24, 2.45) is 11.8 Å². The van der Waals surface area contributed by atoms with Crippen LogP contribution in [0.25, 0.3) is 11.1 Å². The monoisotopic (exact) mass is 490 g/mol. The number of halogens is 2. The van der Waals surface area contributed by atoms with Crippen LogP contribution in [0.3, 0.4) is 0 Å². The van der Waals surface area contributed by atoms with Crippen LogP contribution in [-0.2, 0) is 19.1 Å². The number of fused-ring (bicyclic) bond motifs is 1. The first kappa shape index (κ1) is 23.5. The van der Waals surface area contributed by atoms with Gasteiger partial charge in [-0.3, -0.25) is 24.6 Å². The van der Waals surface area contributed by atoms with Crippen LogP contribution in [-0.4, -0.2) is 49.0 Å². The van der Waals surface area contributed by atoms with Gasteiger partial charge >= 0.3 is 5.97 Å². The van der Waals surface area contributed by atoms with E-state index < -0.39 is 29.4 Å². The molecule has 4 atom stereocenters. The SMILES string of the molecule is CCN1C(=O)[C@H]2[C@@H](c3ccc(-c4ccc(Cl)c(Cl)c4)c(OC)c3)N[C@@](C)(C(=O)OC)[C@H]2C1=O. The number of nitrogens with zero attached hydrogens (tertiary/aromatic N) is 1. The highest BCUT2D eigenvalue weighted by atomic mass is 35.5. The molecule has 2 fully saturated rings. The van der Waals surface area contributed by atoms with Crippen molar-refractivity contribution in [3.63, 3.8) is 0 Å². The first-order chi connectivity index (χ1) is 15.7. The third-order valence-corrected chi connectivity index (χ3v) is 7.36. The second kappa shape index (κ2) is 8.63. The van der Waals surface area contributed by atoms with Crippen molar-refractivity contribution < 1.29 is 23.9 Å². The Morgan fingerprint density at radius 1 is 1.09 bits per heavy atom. The molecule has 0 saturated carbocycles. The molecular formula is C24H24Cl2N2O5. The second-order valence-corrected chi connectivity index (χ2v) is 9.14. The van der Waals surface area contributed by atoms with Crippen molar-refractivity contribution in [2.45, 2.75) is 25.4 Å². The predicted octanol–water partition coefficient (Wildman–Crippen LogP) is 3.87. The van der Waals surface area contributed by atoms with Crippen molar-refractivity contribution in [2.75, 3.05) is 20.8 Å². The maximum Gasteiger partial charge on any atom is 0.326 e. The highest BCUT2D eigenvalue weighted by Gasteiger charge is 2.66. The molecule has 0 radical (unpaired) electrons. The lowest BCUT2D eigenvalue weighted by Gasteiger charge is -2.28. The number of methoxy groups -OCH3 is 2. The Balaban J connectivity index is 1.79. The number of carbonyl (C=O) groups is 3. The van der Waals surface area contributed by atoms with Crippen molar-refractivity contribution in [1.29, 1.82) is 0 Å². The van der Waals surface area contributed by atoms with E-state index in [1.165, 1.54) is 12.0 Å². The van der Waals surface area contributed by atoms with Gasteiger partial charge in [-0.25, -0.2) is 0 Å². The molecule has 0 unspecified atom stereocenters. The standard InChI is InChI=1S/C24H24Cl2N2O5/c1-5-28-21(29)18-19(22(28)30)24(2,23(31)33-4)27-20(18)13-6-8-14(17(11-13)32-3)12-7-9-15(25)16(26)10-12/h6-11,18-20,27H,5H2,1-4H3/t18-,19-,20-,24-/m1/s1. The van der Waals surface area contributed by atoms with Gasteiger partial charge < -0.3 is 9.47 Å². The molecule has 0 bridgehead atoms. The minimum atomic E-state index is -1.34. The molecule has 2 saturated heterocycles. The minimum Gasteiger partial charge on any atom is -0.496 e. The van der Waals surface area contributed by atoms with Crippen LogP contribution in [0.1, 0.15) is 25.5 Å². The molecule has 0 aromatic heterocycles. The Hall–Kier alpha value is -2.61. The number of benzene rings is 2. The number of nitrogens with one attached hydrogen (secondary N) is 1. The van der Waals surface area contributed by atoms with Gasteiger partial charge in [-0.2, -0.15) is 0 Å². The summed E-state index contributed by atoms with van der Waals surface area (Å²) >= 11 is 12.2. The summed E-state index contributed by atoms with van der Waals surface area (Å²) < 4.78 is 10.6. The molecule has 0 spiro atoms. The molecule has 2 aliphatic rings. The molecule has 2 aromatic carbocycles. The van der Waals surface area contributed by atoms with Crippen molar-refractivity contribution >= 4 is 41.0 Å². The van der Waals surface area contributed by atoms with Crippen LogP contribution < -0.4 is 10.1 Å². The number of esters is 1. The lowest BCUT2D eigenvalue weighted by molar-refractivity contribution is -0.153. The Morgan fingerprint density at radius 2 is 1.82 bits per heavy atom. The fraction of sp³-hybridized carbons (Fsp3) is 0.375. The van der Waals surface area contributed by atoms with Crippen LogP contribution >= 0.6 is 23.2 Å². The zero-order valence-corrected chi connectivity index (χ0v) is 20.2. The molecule has 7 nitrogen and oxygen atoms in total. The Morgan fingerprint density at radius 3 is 2.42 bits per heavy atom. The summed E-state index contributed by atoms with van der Waals surface area (Å²) in [6, 6.07) is 10.2. The van der Waals surface area contributed by atoms with Crippen molar-refractivity contribution in [3.05, 3.63) is 52.0 Å². The fourth-order valence-electron chi connectivity index (χ4n) is 5.00. The zero-order chi connectivity index (χ0) is 24.1. The summed E-state index contributed by atoms with van der Waals surface area (Å²) in [4.78, 5) is 40.2. The predicted molar refractivity (Wildman–Crippen MR) is 124 cm³/mol. The molecule has 33 heavy (non-hydrogen) atoms. The highest BCUT2D eigenvalue weighted by molar-refractivity contribution is 6.42. The third-order valence-electron chi connectivity index (χ3n) is 6.62. The number of hydrogen-bond acceptors (Lipinski definition) is 6. The molecular weight excluding hydrogens is 467 g/mol. The van der Waals surface area contributed by atoms with Crippen molar-refractivity contribution in [1.82, 2.24) is 10.2 Å².